The summed E-state index contributed by atoms with van der Waals surface area (Å²) >= 11 is 1.57. The van der Waals surface area contributed by atoms with Gasteiger partial charge in [0.25, 0.3) is 5.91 Å². The molecule has 0 radical (unpaired) electrons. The molecule has 2 N–H and O–H groups in total. The normalized spacial score (nSPS) is 11.8. The minimum absolute atomic E-state index is 0.191. The summed E-state index contributed by atoms with van der Waals surface area (Å²) in [6, 6.07) is 11.9. The zero-order valence-corrected chi connectivity index (χ0v) is 21.1. The summed E-state index contributed by atoms with van der Waals surface area (Å²) in [5.41, 5.74) is 2.70. The Morgan fingerprint density at radius 1 is 1.14 bits per heavy atom. The predicted molar refractivity (Wildman–Crippen MR) is 136 cm³/mol. The molecule has 9 nitrogen and oxygen atoms in total. The molecule has 0 saturated carbocycles. The number of imidazole rings is 1. The number of nitrogens with zero attached hydrogens (tertiary/aromatic N) is 2. The number of hydrogen-bond acceptors (Lipinski definition) is 7. The van der Waals surface area contributed by atoms with Crippen LogP contribution >= 0.6 is 11.8 Å². The first-order valence-electron chi connectivity index (χ1n) is 11.1. The van der Waals surface area contributed by atoms with Gasteiger partial charge < -0.3 is 24.7 Å². The van der Waals surface area contributed by atoms with Gasteiger partial charge in [0.05, 0.1) is 30.1 Å². The number of esters is 1. The molecule has 3 aromatic rings. The van der Waals surface area contributed by atoms with E-state index in [-0.39, 0.29) is 24.5 Å². The Balaban J connectivity index is 1.96. The van der Waals surface area contributed by atoms with Gasteiger partial charge in [0, 0.05) is 19.8 Å². The molecule has 0 aliphatic heterocycles. The lowest BCUT2D eigenvalue weighted by molar-refractivity contribution is -0.142. The standard InChI is InChI=1S/C25H30N4O5S/c1-29-21(15-33-2)27-20-14-17(26-22(30)12-16-8-6-5-7-9-16)13-18(23(20)29)24(31)28-19(10-11-35-4)25(32)34-3/h5-9,13-14,19H,10-12,15H2,1-4H3,(H,26,30)(H,28,31). The Bertz CT molecular complexity index is 1200. The summed E-state index contributed by atoms with van der Waals surface area (Å²) in [7, 11) is 4.65. The average molecular weight is 499 g/mol. The molecule has 1 heterocycles. The molecule has 3 rings (SSSR count). The molecule has 186 valence electrons. The highest BCUT2D eigenvalue weighted by atomic mass is 32.2. The highest BCUT2D eigenvalue weighted by molar-refractivity contribution is 7.98. The Kier molecular flexibility index (Phi) is 9.27. The molecule has 1 atom stereocenters. The van der Waals surface area contributed by atoms with Crippen molar-refractivity contribution in [3.63, 3.8) is 0 Å². The number of aryl methyl sites for hydroxylation is 1. The van der Waals surface area contributed by atoms with Crippen LogP contribution in [0.15, 0.2) is 42.5 Å². The number of aromatic nitrogens is 2. The maximum absolute atomic E-state index is 13.4. The number of rotatable bonds is 11. The van der Waals surface area contributed by atoms with Gasteiger partial charge in [-0.1, -0.05) is 30.3 Å². The van der Waals surface area contributed by atoms with Crippen LogP contribution in [-0.2, 0) is 39.1 Å². The lowest BCUT2D eigenvalue weighted by Crippen LogP contribution is -2.42. The second-order valence-corrected chi connectivity index (χ2v) is 8.94. The molecule has 0 aliphatic rings. The lowest BCUT2D eigenvalue weighted by atomic mass is 10.1. The van der Waals surface area contributed by atoms with Gasteiger partial charge in [-0.2, -0.15) is 11.8 Å². The lowest BCUT2D eigenvalue weighted by Gasteiger charge is -2.17. The number of amides is 2. The van der Waals surface area contributed by atoms with Gasteiger partial charge >= 0.3 is 5.97 Å². The largest absolute Gasteiger partial charge is 0.467 e. The zero-order valence-electron chi connectivity index (χ0n) is 20.3. The van der Waals surface area contributed by atoms with Gasteiger partial charge in [0.1, 0.15) is 18.5 Å². The molecule has 1 unspecified atom stereocenters. The number of nitrogens with one attached hydrogen (secondary N) is 2. The van der Waals surface area contributed by atoms with Crippen molar-refractivity contribution in [1.29, 1.82) is 0 Å². The third kappa shape index (κ3) is 6.61. The molecular weight excluding hydrogens is 468 g/mol. The number of ether oxygens (including phenoxy) is 2. The van der Waals surface area contributed by atoms with Crippen molar-refractivity contribution in [3.05, 3.63) is 59.4 Å². The molecule has 10 heteroatoms. The molecule has 0 aliphatic carbocycles. The van der Waals surface area contributed by atoms with E-state index in [9.17, 15) is 14.4 Å². The van der Waals surface area contributed by atoms with E-state index in [4.69, 9.17) is 9.47 Å². The Morgan fingerprint density at radius 2 is 1.89 bits per heavy atom. The van der Waals surface area contributed by atoms with Crippen LogP contribution in [0.5, 0.6) is 0 Å². The van der Waals surface area contributed by atoms with E-state index in [1.54, 1.807) is 42.6 Å². The first-order valence-corrected chi connectivity index (χ1v) is 12.5. The number of thioether (sulfide) groups is 1. The molecule has 0 fully saturated rings. The van der Waals surface area contributed by atoms with Crippen LogP contribution in [0.2, 0.25) is 0 Å². The fourth-order valence-electron chi connectivity index (χ4n) is 3.75. The maximum atomic E-state index is 13.4. The summed E-state index contributed by atoms with van der Waals surface area (Å²) in [6.07, 6.45) is 2.54. The topological polar surface area (TPSA) is 112 Å². The van der Waals surface area contributed by atoms with E-state index in [1.165, 1.54) is 7.11 Å². The van der Waals surface area contributed by atoms with Crippen molar-refractivity contribution in [3.8, 4) is 0 Å². The number of methoxy groups -OCH3 is 2. The van der Waals surface area contributed by atoms with Gasteiger partial charge in [-0.25, -0.2) is 9.78 Å². The first-order chi connectivity index (χ1) is 16.9. The van der Waals surface area contributed by atoms with Gasteiger partial charge in [-0.3, -0.25) is 9.59 Å². The van der Waals surface area contributed by atoms with Crippen LogP contribution in [0.1, 0.15) is 28.2 Å². The summed E-state index contributed by atoms with van der Waals surface area (Å²) in [5.74, 6) is 0.103. The molecule has 35 heavy (non-hydrogen) atoms. The van der Waals surface area contributed by atoms with Crippen LogP contribution in [0.3, 0.4) is 0 Å². The molecule has 0 saturated heterocycles. The maximum Gasteiger partial charge on any atom is 0.328 e. The smallest absolute Gasteiger partial charge is 0.328 e. The summed E-state index contributed by atoms with van der Waals surface area (Å²) < 4.78 is 11.9. The van der Waals surface area contributed by atoms with Crippen molar-refractivity contribution < 1.29 is 23.9 Å². The molecule has 2 aromatic carbocycles. The van der Waals surface area contributed by atoms with Gasteiger partial charge in [0.15, 0.2) is 0 Å². The number of hydrogen-bond donors (Lipinski definition) is 2. The van der Waals surface area contributed by atoms with E-state index >= 15 is 0 Å². The summed E-state index contributed by atoms with van der Waals surface area (Å²) in [4.78, 5) is 42.9. The Morgan fingerprint density at radius 3 is 2.54 bits per heavy atom. The average Bonchev–Trinajstić information content (AvgIpc) is 3.16. The predicted octanol–water partition coefficient (Wildman–Crippen LogP) is 2.93. The number of benzene rings is 2. The number of carbonyl (C=O) groups excluding carboxylic acids is 3. The minimum Gasteiger partial charge on any atom is -0.467 e. The van der Waals surface area contributed by atoms with Crippen molar-refractivity contribution in [2.24, 2.45) is 7.05 Å². The minimum atomic E-state index is -0.794. The fraction of sp³-hybridized carbons (Fsp3) is 0.360. The highest BCUT2D eigenvalue weighted by Crippen LogP contribution is 2.26. The van der Waals surface area contributed by atoms with Gasteiger partial charge in [-0.15, -0.1) is 0 Å². The number of carbonyl (C=O) groups is 3. The zero-order chi connectivity index (χ0) is 25.4. The van der Waals surface area contributed by atoms with Crippen molar-refractivity contribution in [2.75, 3.05) is 31.5 Å². The van der Waals surface area contributed by atoms with Crippen molar-refractivity contribution >= 4 is 46.3 Å². The van der Waals surface area contributed by atoms with Crippen LogP contribution < -0.4 is 10.6 Å². The molecule has 0 spiro atoms. The third-order valence-corrected chi connectivity index (χ3v) is 6.12. The third-order valence-electron chi connectivity index (χ3n) is 5.47. The van der Waals surface area contributed by atoms with E-state index in [1.807, 2.05) is 36.6 Å². The highest BCUT2D eigenvalue weighted by Gasteiger charge is 2.25. The monoisotopic (exact) mass is 498 g/mol. The van der Waals surface area contributed by atoms with Crippen LogP contribution in [-0.4, -0.2) is 59.6 Å². The molecule has 0 bridgehead atoms. The SMILES string of the molecule is COCc1nc2cc(NC(=O)Cc3ccccc3)cc(C(=O)NC(CCSC)C(=O)OC)c2n1C. The number of fused-ring (bicyclic) bond motifs is 1. The van der Waals surface area contributed by atoms with E-state index in [2.05, 4.69) is 15.6 Å². The fourth-order valence-corrected chi connectivity index (χ4v) is 4.22. The quantitative estimate of drug-likeness (QED) is 0.391. The second-order valence-electron chi connectivity index (χ2n) is 7.95. The van der Waals surface area contributed by atoms with Crippen molar-refractivity contribution in [2.45, 2.75) is 25.5 Å². The summed E-state index contributed by atoms with van der Waals surface area (Å²) in [6.45, 7) is 0.250. The number of anilines is 1. The molecule has 2 amide bonds. The van der Waals surface area contributed by atoms with E-state index in [0.29, 0.717) is 34.7 Å². The Labute approximate surface area is 208 Å². The van der Waals surface area contributed by atoms with E-state index < -0.39 is 17.9 Å². The van der Waals surface area contributed by atoms with E-state index in [0.717, 1.165) is 5.56 Å². The first kappa shape index (κ1) is 26.2. The van der Waals surface area contributed by atoms with Gasteiger partial charge in [0.2, 0.25) is 5.91 Å². The van der Waals surface area contributed by atoms with Crippen molar-refractivity contribution in [1.82, 2.24) is 14.9 Å². The molecular formula is C25H30N4O5S. The van der Waals surface area contributed by atoms with Crippen LogP contribution in [0, 0.1) is 0 Å². The van der Waals surface area contributed by atoms with Crippen LogP contribution in [0.4, 0.5) is 5.69 Å². The second kappa shape index (κ2) is 12.4. The van der Waals surface area contributed by atoms with Gasteiger partial charge in [-0.05, 0) is 36.1 Å². The summed E-state index contributed by atoms with van der Waals surface area (Å²) in [5, 5.41) is 5.65. The van der Waals surface area contributed by atoms with Crippen LogP contribution in [0.25, 0.3) is 11.0 Å². The molecule has 1 aromatic heterocycles. The Hall–Kier alpha value is -3.37.